The van der Waals surface area contributed by atoms with Crippen molar-refractivity contribution in [1.82, 2.24) is 5.32 Å². The van der Waals surface area contributed by atoms with E-state index in [1.165, 1.54) is 7.11 Å². The van der Waals surface area contributed by atoms with Crippen molar-refractivity contribution in [3.63, 3.8) is 0 Å². The third-order valence-electron chi connectivity index (χ3n) is 4.44. The summed E-state index contributed by atoms with van der Waals surface area (Å²) in [6.07, 6.45) is 3.45. The molecule has 0 unspecified atom stereocenters. The molecule has 1 aliphatic carbocycles. The highest BCUT2D eigenvalue weighted by Crippen LogP contribution is 2.29. The number of esters is 1. The van der Waals surface area contributed by atoms with E-state index in [1.807, 2.05) is 0 Å². The van der Waals surface area contributed by atoms with Gasteiger partial charge in [-0.05, 0) is 49.8 Å². The number of nitrogens with two attached hydrogens (primary N) is 1. The summed E-state index contributed by atoms with van der Waals surface area (Å²) in [7, 11) is 2.97. The van der Waals surface area contributed by atoms with Gasteiger partial charge in [-0.15, -0.1) is 0 Å². The molecule has 0 heterocycles. The van der Waals surface area contributed by atoms with Crippen LogP contribution in [0.15, 0.2) is 18.2 Å². The molecule has 1 amide bonds. The highest BCUT2D eigenvalue weighted by Gasteiger charge is 2.27. The van der Waals surface area contributed by atoms with Crippen molar-refractivity contribution < 1.29 is 19.1 Å². The smallest absolute Gasteiger partial charge is 0.308 e. The van der Waals surface area contributed by atoms with Crippen LogP contribution in [0.25, 0.3) is 0 Å². The second kappa shape index (κ2) is 7.85. The lowest BCUT2D eigenvalue weighted by molar-refractivity contribution is -0.146. The molecule has 0 bridgehead atoms. The van der Waals surface area contributed by atoms with Crippen LogP contribution in [0.5, 0.6) is 5.75 Å². The van der Waals surface area contributed by atoms with E-state index in [0.29, 0.717) is 29.5 Å². The molecule has 0 radical (unpaired) electrons. The van der Waals surface area contributed by atoms with Crippen LogP contribution in [0.2, 0.25) is 0 Å². The number of nitrogens with one attached hydrogen (secondary N) is 1. The van der Waals surface area contributed by atoms with Gasteiger partial charge in [0.15, 0.2) is 0 Å². The Hall–Kier alpha value is -2.24. The number of rotatable bonds is 5. The monoisotopic (exact) mass is 320 g/mol. The summed E-state index contributed by atoms with van der Waals surface area (Å²) in [6, 6.07) is 5.02. The maximum absolute atomic E-state index is 12.3. The number of benzene rings is 1. The van der Waals surface area contributed by atoms with E-state index in [1.54, 1.807) is 25.3 Å². The van der Waals surface area contributed by atoms with Crippen LogP contribution in [0.4, 0.5) is 5.69 Å². The summed E-state index contributed by atoms with van der Waals surface area (Å²) in [6.45, 7) is 0.587. The number of methoxy groups -OCH3 is 2. The van der Waals surface area contributed by atoms with Crippen LogP contribution < -0.4 is 15.8 Å². The third-order valence-corrected chi connectivity index (χ3v) is 4.44. The lowest BCUT2D eigenvalue weighted by Gasteiger charge is -2.27. The Morgan fingerprint density at radius 1 is 1.22 bits per heavy atom. The van der Waals surface area contributed by atoms with Gasteiger partial charge in [0.2, 0.25) is 0 Å². The van der Waals surface area contributed by atoms with Crippen molar-refractivity contribution in [2.24, 2.45) is 11.8 Å². The maximum Gasteiger partial charge on any atom is 0.308 e. The molecule has 2 rings (SSSR count). The quantitative estimate of drug-likeness (QED) is 0.639. The summed E-state index contributed by atoms with van der Waals surface area (Å²) < 4.78 is 9.90. The average molecular weight is 320 g/mol. The van der Waals surface area contributed by atoms with Gasteiger partial charge in [0.25, 0.3) is 5.91 Å². The number of hydrogen-bond acceptors (Lipinski definition) is 5. The maximum atomic E-state index is 12.3. The van der Waals surface area contributed by atoms with E-state index in [2.05, 4.69) is 5.32 Å². The van der Waals surface area contributed by atoms with E-state index in [4.69, 9.17) is 15.2 Å². The van der Waals surface area contributed by atoms with Gasteiger partial charge in [0.1, 0.15) is 5.75 Å². The molecule has 1 fully saturated rings. The first-order valence-corrected chi connectivity index (χ1v) is 7.84. The van der Waals surface area contributed by atoms with Crippen molar-refractivity contribution in [1.29, 1.82) is 0 Å². The predicted octanol–water partition coefficient (Wildman–Crippen LogP) is 1.99. The summed E-state index contributed by atoms with van der Waals surface area (Å²) >= 11 is 0. The molecule has 3 N–H and O–H groups in total. The molecule has 6 heteroatoms. The molecule has 1 aromatic rings. The van der Waals surface area contributed by atoms with Crippen molar-refractivity contribution in [2.75, 3.05) is 26.5 Å². The largest absolute Gasteiger partial charge is 0.497 e. The lowest BCUT2D eigenvalue weighted by atomic mass is 9.82. The molecule has 0 aromatic heterocycles. The zero-order valence-corrected chi connectivity index (χ0v) is 13.6. The molecule has 23 heavy (non-hydrogen) atoms. The number of ether oxygens (including phenoxy) is 2. The number of carbonyl (C=O) groups excluding carboxylic acids is 2. The number of anilines is 1. The lowest BCUT2D eigenvalue weighted by Crippen LogP contribution is -2.33. The zero-order valence-electron chi connectivity index (χ0n) is 13.6. The fourth-order valence-corrected chi connectivity index (χ4v) is 2.96. The molecular weight excluding hydrogens is 296 g/mol. The van der Waals surface area contributed by atoms with Gasteiger partial charge in [-0.3, -0.25) is 9.59 Å². The SMILES string of the molecule is COC(=O)C1CCC(CNC(=O)c2cc(OC)ccc2N)CC1. The van der Waals surface area contributed by atoms with Gasteiger partial charge in [0.05, 0.1) is 25.7 Å². The molecule has 0 saturated heterocycles. The normalized spacial score (nSPS) is 20.6. The first-order valence-electron chi connectivity index (χ1n) is 7.84. The fraction of sp³-hybridized carbons (Fsp3) is 0.529. The highest BCUT2D eigenvalue weighted by atomic mass is 16.5. The topological polar surface area (TPSA) is 90.6 Å². The zero-order chi connectivity index (χ0) is 16.8. The minimum Gasteiger partial charge on any atom is -0.497 e. The Kier molecular flexibility index (Phi) is 5.84. The molecule has 0 atom stereocenters. The summed E-state index contributed by atoms with van der Waals surface area (Å²) in [5.41, 5.74) is 6.70. The molecule has 1 aliphatic rings. The van der Waals surface area contributed by atoms with Gasteiger partial charge in [-0.1, -0.05) is 0 Å². The van der Waals surface area contributed by atoms with E-state index in [-0.39, 0.29) is 17.8 Å². The summed E-state index contributed by atoms with van der Waals surface area (Å²) in [4.78, 5) is 23.8. The van der Waals surface area contributed by atoms with Gasteiger partial charge in [-0.2, -0.15) is 0 Å². The number of hydrogen-bond donors (Lipinski definition) is 2. The number of carbonyl (C=O) groups is 2. The second-order valence-electron chi connectivity index (χ2n) is 5.90. The van der Waals surface area contributed by atoms with Gasteiger partial charge >= 0.3 is 5.97 Å². The third kappa shape index (κ3) is 4.37. The van der Waals surface area contributed by atoms with E-state index in [0.717, 1.165) is 25.7 Å². The van der Waals surface area contributed by atoms with Gasteiger partial charge in [0, 0.05) is 12.2 Å². The van der Waals surface area contributed by atoms with Crippen LogP contribution in [-0.2, 0) is 9.53 Å². The molecule has 6 nitrogen and oxygen atoms in total. The van der Waals surface area contributed by atoms with E-state index in [9.17, 15) is 9.59 Å². The van der Waals surface area contributed by atoms with Crippen molar-refractivity contribution in [3.8, 4) is 5.75 Å². The minimum atomic E-state index is -0.198. The Bertz CT molecular complexity index is 566. The van der Waals surface area contributed by atoms with Crippen molar-refractivity contribution >= 4 is 17.6 Å². The van der Waals surface area contributed by atoms with Gasteiger partial charge < -0.3 is 20.5 Å². The Labute approximate surface area is 136 Å². The summed E-state index contributed by atoms with van der Waals surface area (Å²) in [5.74, 6) is 0.656. The molecule has 126 valence electrons. The molecule has 0 spiro atoms. The molecule has 0 aliphatic heterocycles. The van der Waals surface area contributed by atoms with Crippen LogP contribution >= 0.6 is 0 Å². The van der Waals surface area contributed by atoms with Crippen LogP contribution in [0, 0.1) is 11.8 Å². The Morgan fingerprint density at radius 3 is 2.52 bits per heavy atom. The molecule has 1 saturated carbocycles. The second-order valence-corrected chi connectivity index (χ2v) is 5.90. The minimum absolute atomic E-state index is 0.000908. The predicted molar refractivity (Wildman–Crippen MR) is 87.2 cm³/mol. The average Bonchev–Trinajstić information content (AvgIpc) is 2.59. The van der Waals surface area contributed by atoms with Crippen LogP contribution in [0.3, 0.4) is 0 Å². The highest BCUT2D eigenvalue weighted by molar-refractivity contribution is 5.99. The standard InChI is InChI=1S/C17H24N2O4/c1-22-13-7-8-15(18)14(9-13)16(20)19-10-11-3-5-12(6-4-11)17(21)23-2/h7-9,11-12H,3-6,10,18H2,1-2H3,(H,19,20). The van der Waals surface area contributed by atoms with E-state index < -0.39 is 0 Å². The van der Waals surface area contributed by atoms with Crippen LogP contribution in [-0.4, -0.2) is 32.6 Å². The summed E-state index contributed by atoms with van der Waals surface area (Å²) in [5, 5.41) is 2.93. The first kappa shape index (κ1) is 17.1. The van der Waals surface area contributed by atoms with Crippen LogP contribution in [0.1, 0.15) is 36.0 Å². The fourth-order valence-electron chi connectivity index (χ4n) is 2.96. The number of nitrogen functional groups attached to an aromatic ring is 1. The van der Waals surface area contributed by atoms with Crippen molar-refractivity contribution in [3.05, 3.63) is 23.8 Å². The molecule has 1 aromatic carbocycles. The van der Waals surface area contributed by atoms with Crippen molar-refractivity contribution in [2.45, 2.75) is 25.7 Å². The molecular formula is C17H24N2O4. The Morgan fingerprint density at radius 2 is 1.91 bits per heavy atom. The van der Waals surface area contributed by atoms with E-state index >= 15 is 0 Å². The first-order chi connectivity index (χ1) is 11.0. The van der Waals surface area contributed by atoms with Gasteiger partial charge in [-0.25, -0.2) is 0 Å². The number of amides is 1. The Balaban J connectivity index is 1.85.